The van der Waals surface area contributed by atoms with E-state index in [1.165, 1.54) is 36.4 Å². The number of unbranched alkanes of at least 4 members (excludes halogenated alkanes) is 2. The highest BCUT2D eigenvalue weighted by atomic mass is 16.4. The number of aromatic carboxylic acids is 1. The van der Waals surface area contributed by atoms with Gasteiger partial charge < -0.3 is 25.7 Å². The molecule has 0 saturated carbocycles. The third-order valence-corrected chi connectivity index (χ3v) is 5.82. The van der Waals surface area contributed by atoms with E-state index in [2.05, 4.69) is 5.32 Å². The third-order valence-electron chi connectivity index (χ3n) is 5.82. The van der Waals surface area contributed by atoms with E-state index in [0.29, 0.717) is 58.9 Å². The van der Waals surface area contributed by atoms with E-state index >= 15 is 0 Å². The highest BCUT2D eigenvalue weighted by Crippen LogP contribution is 2.40. The number of nitrogens with one attached hydrogen (secondary N) is 1. The molecule has 0 atom stereocenters. The van der Waals surface area contributed by atoms with Gasteiger partial charge >= 0.3 is 23.1 Å². The van der Waals surface area contributed by atoms with Crippen LogP contribution < -0.4 is 5.32 Å². The quantitative estimate of drug-likeness (QED) is 0.124. The number of hydrogen-bond donors (Lipinski definition) is 5. The molecule has 9 heteroatoms. The number of phenols is 2. The standard InChI is InChI=1S/C27H23NO8/c29-16-6-9-19-22(13-16)36-23-14-17(30)7-10-20(23)25(19)18-8-5-15(12-21(18)27(34)35)26(33)28-11-3-1-2-4-24(31)32/h5-10,12-14H,1-4,11H2,(H4-,28,29,30,31,32,33,34,35)/p+1. The van der Waals surface area contributed by atoms with Crippen molar-refractivity contribution in [3.8, 4) is 22.6 Å². The Balaban J connectivity index is 1.72. The Bertz CT molecular complexity index is 1430. The molecule has 184 valence electrons. The number of phenolic OH excluding ortho intramolecular Hbond substituents is 2. The summed E-state index contributed by atoms with van der Waals surface area (Å²) in [7, 11) is 0. The van der Waals surface area contributed by atoms with Crippen LogP contribution in [-0.4, -0.2) is 44.8 Å². The number of rotatable bonds is 9. The fraction of sp³-hybridized carbons (Fsp3) is 0.185. The number of aliphatic carboxylic acids is 1. The minimum absolute atomic E-state index is 0.0369. The number of carboxylic acid groups (broad SMARTS) is 2. The number of aromatic hydroxyl groups is 2. The molecule has 0 unspecified atom stereocenters. The summed E-state index contributed by atoms with van der Waals surface area (Å²) < 4.78 is 5.85. The summed E-state index contributed by atoms with van der Waals surface area (Å²) in [6, 6.07) is 13.4. The average Bonchev–Trinajstić information content (AvgIpc) is 2.83. The molecule has 4 rings (SSSR count). The maximum absolute atomic E-state index is 12.6. The van der Waals surface area contributed by atoms with Crippen LogP contribution in [0.5, 0.6) is 11.5 Å². The lowest BCUT2D eigenvalue weighted by Crippen LogP contribution is -2.24. The van der Waals surface area contributed by atoms with Gasteiger partial charge in [-0.3, -0.25) is 9.59 Å². The lowest BCUT2D eigenvalue weighted by molar-refractivity contribution is -0.137. The zero-order valence-electron chi connectivity index (χ0n) is 19.2. The molecule has 0 radical (unpaired) electrons. The van der Waals surface area contributed by atoms with Crippen LogP contribution >= 0.6 is 0 Å². The van der Waals surface area contributed by atoms with Crippen molar-refractivity contribution in [3.05, 3.63) is 65.7 Å². The topological polar surface area (TPSA) is 155 Å². The number of benzene rings is 3. The van der Waals surface area contributed by atoms with Crippen molar-refractivity contribution in [2.24, 2.45) is 0 Å². The lowest BCUT2D eigenvalue weighted by Gasteiger charge is -2.12. The first-order chi connectivity index (χ1) is 17.2. The van der Waals surface area contributed by atoms with E-state index < -0.39 is 17.8 Å². The van der Waals surface area contributed by atoms with Crippen molar-refractivity contribution in [2.75, 3.05) is 6.54 Å². The van der Waals surface area contributed by atoms with Crippen LogP contribution in [0.25, 0.3) is 33.1 Å². The molecule has 1 aromatic heterocycles. The number of amides is 1. The van der Waals surface area contributed by atoms with Gasteiger partial charge in [0.25, 0.3) is 5.91 Å². The molecule has 0 spiro atoms. The Morgan fingerprint density at radius 3 is 2.00 bits per heavy atom. The Kier molecular flexibility index (Phi) is 7.00. The van der Waals surface area contributed by atoms with Crippen LogP contribution in [0.15, 0.2) is 59.0 Å². The van der Waals surface area contributed by atoms with Crippen LogP contribution in [-0.2, 0) is 4.79 Å². The summed E-state index contributed by atoms with van der Waals surface area (Å²) in [4.78, 5) is 35.5. The highest BCUT2D eigenvalue weighted by Gasteiger charge is 2.25. The predicted octanol–water partition coefficient (Wildman–Crippen LogP) is 5.02. The molecule has 0 aliphatic rings. The summed E-state index contributed by atoms with van der Waals surface area (Å²) in [5, 5.41) is 42.4. The van der Waals surface area contributed by atoms with Crippen molar-refractivity contribution >= 4 is 39.8 Å². The van der Waals surface area contributed by atoms with Crippen LogP contribution in [0.1, 0.15) is 46.4 Å². The fourth-order valence-corrected chi connectivity index (χ4v) is 4.12. The molecular weight excluding hydrogens is 466 g/mol. The fourth-order valence-electron chi connectivity index (χ4n) is 4.12. The van der Waals surface area contributed by atoms with E-state index in [4.69, 9.17) is 9.52 Å². The first-order valence-corrected chi connectivity index (χ1v) is 11.3. The molecule has 0 saturated heterocycles. The van der Waals surface area contributed by atoms with E-state index in [0.717, 1.165) is 0 Å². The molecule has 0 bridgehead atoms. The van der Waals surface area contributed by atoms with Gasteiger partial charge in [0.2, 0.25) is 0 Å². The smallest absolute Gasteiger partial charge is 0.365 e. The monoisotopic (exact) mass is 490 g/mol. The second kappa shape index (κ2) is 10.3. The number of fused-ring (bicyclic) bond motifs is 2. The van der Waals surface area contributed by atoms with Gasteiger partial charge in [0.15, 0.2) is 0 Å². The molecule has 36 heavy (non-hydrogen) atoms. The third kappa shape index (κ3) is 5.20. The first-order valence-electron chi connectivity index (χ1n) is 11.3. The van der Waals surface area contributed by atoms with Crippen LogP contribution in [0, 0.1) is 0 Å². The zero-order valence-corrected chi connectivity index (χ0v) is 19.2. The second-order valence-corrected chi connectivity index (χ2v) is 8.36. The van der Waals surface area contributed by atoms with Crippen molar-refractivity contribution in [2.45, 2.75) is 25.7 Å². The zero-order chi connectivity index (χ0) is 25.8. The molecule has 9 nitrogen and oxygen atoms in total. The molecular formula is C27H24NO8+. The summed E-state index contributed by atoms with van der Waals surface area (Å²) in [6.07, 6.45) is 1.85. The average molecular weight is 490 g/mol. The van der Waals surface area contributed by atoms with Crippen LogP contribution in [0.2, 0.25) is 0 Å². The molecule has 0 fully saturated rings. The molecule has 5 N–H and O–H groups in total. The summed E-state index contributed by atoms with van der Waals surface area (Å²) >= 11 is 0. The molecule has 1 amide bonds. The SMILES string of the molecule is O=C(O)CCCCCNC(=O)c1ccc(-c2c3ccc(O)cc3[o+]c3cc(O)ccc23)c(C(=O)O)c1. The maximum Gasteiger partial charge on any atom is 0.365 e. The summed E-state index contributed by atoms with van der Waals surface area (Å²) in [6.45, 7) is 0.338. The van der Waals surface area contributed by atoms with E-state index in [9.17, 15) is 29.7 Å². The Morgan fingerprint density at radius 2 is 1.42 bits per heavy atom. The van der Waals surface area contributed by atoms with Gasteiger partial charge in [-0.1, -0.05) is 12.5 Å². The van der Waals surface area contributed by atoms with E-state index in [1.807, 2.05) is 0 Å². The minimum Gasteiger partial charge on any atom is -0.508 e. The van der Waals surface area contributed by atoms with Gasteiger partial charge in [0.1, 0.15) is 11.5 Å². The first kappa shape index (κ1) is 24.5. The largest absolute Gasteiger partial charge is 0.508 e. The summed E-state index contributed by atoms with van der Waals surface area (Å²) in [5.74, 6) is -2.60. The van der Waals surface area contributed by atoms with Crippen molar-refractivity contribution in [1.82, 2.24) is 5.32 Å². The lowest BCUT2D eigenvalue weighted by atomic mass is 9.92. The summed E-state index contributed by atoms with van der Waals surface area (Å²) in [5.41, 5.74) is 1.53. The van der Waals surface area contributed by atoms with Gasteiger partial charge in [0.05, 0.1) is 28.5 Å². The molecule has 0 aliphatic carbocycles. The van der Waals surface area contributed by atoms with Crippen molar-refractivity contribution in [1.29, 1.82) is 0 Å². The van der Waals surface area contributed by atoms with E-state index in [1.54, 1.807) is 18.2 Å². The Labute approximate surface area is 205 Å². The molecule has 3 aromatic carbocycles. The van der Waals surface area contributed by atoms with Crippen LogP contribution in [0.4, 0.5) is 0 Å². The van der Waals surface area contributed by atoms with Gasteiger partial charge in [-0.2, -0.15) is 0 Å². The van der Waals surface area contributed by atoms with Crippen molar-refractivity contribution < 1.29 is 39.2 Å². The Morgan fingerprint density at radius 1 is 0.778 bits per heavy atom. The number of hydrogen-bond acceptors (Lipinski definition) is 5. The molecule has 1 heterocycles. The van der Waals surface area contributed by atoms with Gasteiger partial charge in [0, 0.05) is 24.1 Å². The van der Waals surface area contributed by atoms with Crippen LogP contribution in [0.3, 0.4) is 0 Å². The molecule has 0 aliphatic heterocycles. The van der Waals surface area contributed by atoms with Gasteiger partial charge in [-0.05, 0) is 54.8 Å². The normalized spacial score (nSPS) is 11.0. The maximum atomic E-state index is 12.6. The minimum atomic E-state index is -1.23. The second-order valence-electron chi connectivity index (χ2n) is 8.36. The molecule has 4 aromatic rings. The van der Waals surface area contributed by atoms with Gasteiger partial charge in [-0.25, -0.2) is 9.21 Å². The van der Waals surface area contributed by atoms with Gasteiger partial charge in [-0.15, -0.1) is 0 Å². The van der Waals surface area contributed by atoms with Crippen molar-refractivity contribution in [3.63, 3.8) is 0 Å². The highest BCUT2D eigenvalue weighted by molar-refractivity contribution is 6.13. The number of carboxylic acids is 2. The Hall–Kier alpha value is -4.66. The number of carbonyl (C=O) groups excluding carboxylic acids is 1. The van der Waals surface area contributed by atoms with E-state index in [-0.39, 0.29) is 29.0 Å². The predicted molar refractivity (Wildman–Crippen MR) is 132 cm³/mol. The number of carbonyl (C=O) groups is 3.